The first-order valence-electron chi connectivity index (χ1n) is 3.34. The molecule has 3 nitrogen and oxygen atoms in total. The Hall–Kier alpha value is -0.860. The first-order chi connectivity index (χ1) is 4.57. The quantitative estimate of drug-likeness (QED) is 0.572. The fraction of sp³-hybridized carbons (Fsp3) is 0.714. The van der Waals surface area contributed by atoms with E-state index in [1.165, 1.54) is 0 Å². The molecular weight excluding hydrogens is 128 g/mol. The van der Waals surface area contributed by atoms with E-state index in [2.05, 4.69) is 16.6 Å². The summed E-state index contributed by atoms with van der Waals surface area (Å²) in [7, 11) is 0. The van der Waals surface area contributed by atoms with E-state index < -0.39 is 5.54 Å². The van der Waals surface area contributed by atoms with Crippen LogP contribution in [0.2, 0.25) is 0 Å². The number of hydrogen-bond donors (Lipinski definition) is 1. The lowest BCUT2D eigenvalue weighted by Gasteiger charge is -2.25. The van der Waals surface area contributed by atoms with Gasteiger partial charge in [-0.3, -0.25) is 4.79 Å². The molecule has 0 bridgehead atoms. The predicted molar refractivity (Wildman–Crippen MR) is 38.8 cm³/mol. The first-order valence-corrected chi connectivity index (χ1v) is 3.34. The second-order valence-corrected chi connectivity index (χ2v) is 3.01. The molecule has 1 amide bonds. The largest absolute Gasteiger partial charge is 0.353 e. The third kappa shape index (κ3) is 0.818. The van der Waals surface area contributed by atoms with Crippen molar-refractivity contribution in [3.8, 4) is 0 Å². The Morgan fingerprint density at radius 1 is 1.70 bits per heavy atom. The molecule has 0 aromatic rings. The van der Waals surface area contributed by atoms with Crippen LogP contribution in [0.4, 0.5) is 0 Å². The smallest absolute Gasteiger partial charge is 0.273 e. The maximum absolute atomic E-state index is 11.0. The minimum atomic E-state index is -0.514. The normalized spacial score (nSPS) is 31.4. The molecular formula is C7H11N2O. The van der Waals surface area contributed by atoms with Crippen molar-refractivity contribution < 1.29 is 4.79 Å². The van der Waals surface area contributed by atoms with Gasteiger partial charge in [-0.1, -0.05) is 13.8 Å². The zero-order valence-electron chi connectivity index (χ0n) is 6.43. The Kier molecular flexibility index (Phi) is 1.50. The summed E-state index contributed by atoms with van der Waals surface area (Å²) in [5.74, 6) is 0.126. The summed E-state index contributed by atoms with van der Waals surface area (Å²) in [6, 6.07) is 0. The average Bonchev–Trinajstić information content (AvgIpc) is 2.15. The van der Waals surface area contributed by atoms with Crippen LogP contribution in [-0.4, -0.2) is 17.8 Å². The molecule has 3 heteroatoms. The zero-order valence-corrected chi connectivity index (χ0v) is 6.43. The fourth-order valence-electron chi connectivity index (χ4n) is 0.756. The standard InChI is InChI=1S/C7H11N2O/c1-5(2)7(3)6(10)8-4-9-7/h5H,1-3H3,(H,8,9,10). The van der Waals surface area contributed by atoms with Gasteiger partial charge in [0.25, 0.3) is 5.91 Å². The molecule has 1 rings (SSSR count). The third-order valence-corrected chi connectivity index (χ3v) is 2.07. The highest BCUT2D eigenvalue weighted by atomic mass is 16.2. The molecule has 1 radical (unpaired) electrons. The van der Waals surface area contributed by atoms with Crippen molar-refractivity contribution >= 4 is 12.2 Å². The minimum Gasteiger partial charge on any atom is -0.353 e. The van der Waals surface area contributed by atoms with E-state index in [1.807, 2.05) is 20.8 Å². The van der Waals surface area contributed by atoms with Gasteiger partial charge in [0.2, 0.25) is 0 Å². The number of nitrogens with one attached hydrogen (secondary N) is 1. The monoisotopic (exact) mass is 139 g/mol. The minimum absolute atomic E-state index is 0.123. The van der Waals surface area contributed by atoms with Crippen LogP contribution in [-0.2, 0) is 4.79 Å². The SMILES string of the molecule is CC(C)C1(C)N[C]=NC1=O. The van der Waals surface area contributed by atoms with Gasteiger partial charge in [0, 0.05) is 0 Å². The van der Waals surface area contributed by atoms with Crippen molar-refractivity contribution in [2.24, 2.45) is 10.9 Å². The molecule has 0 aliphatic carbocycles. The molecule has 1 aliphatic heterocycles. The number of rotatable bonds is 1. The molecule has 1 aliphatic rings. The van der Waals surface area contributed by atoms with Gasteiger partial charge in [-0.15, -0.1) is 0 Å². The van der Waals surface area contributed by atoms with E-state index in [0.717, 1.165) is 0 Å². The Balaban J connectivity index is 2.81. The average molecular weight is 139 g/mol. The third-order valence-electron chi connectivity index (χ3n) is 2.07. The molecule has 1 unspecified atom stereocenters. The summed E-state index contributed by atoms with van der Waals surface area (Å²) < 4.78 is 0. The molecule has 0 aromatic carbocycles. The number of carbonyl (C=O) groups is 1. The van der Waals surface area contributed by atoms with Gasteiger partial charge in [-0.05, 0) is 12.8 Å². The lowest BCUT2D eigenvalue weighted by Crippen LogP contribution is -2.47. The molecule has 55 valence electrons. The molecule has 1 N–H and O–H groups in total. The summed E-state index contributed by atoms with van der Waals surface area (Å²) in [6.07, 6.45) is 2.47. The summed E-state index contributed by atoms with van der Waals surface area (Å²) in [6.45, 7) is 5.80. The van der Waals surface area contributed by atoms with Crippen molar-refractivity contribution in [3.05, 3.63) is 0 Å². The van der Waals surface area contributed by atoms with E-state index >= 15 is 0 Å². The number of hydrogen-bond acceptors (Lipinski definition) is 2. The predicted octanol–water partition coefficient (Wildman–Crippen LogP) is 0.436. The van der Waals surface area contributed by atoms with Gasteiger partial charge < -0.3 is 5.32 Å². The Bertz CT molecular complexity index is 186. The second kappa shape index (κ2) is 2.08. The Morgan fingerprint density at radius 3 is 2.50 bits per heavy atom. The zero-order chi connectivity index (χ0) is 7.78. The number of amides is 1. The topological polar surface area (TPSA) is 41.5 Å². The highest BCUT2D eigenvalue weighted by Gasteiger charge is 2.38. The van der Waals surface area contributed by atoms with Gasteiger partial charge >= 0.3 is 0 Å². The van der Waals surface area contributed by atoms with E-state index in [9.17, 15) is 4.79 Å². The molecule has 10 heavy (non-hydrogen) atoms. The Morgan fingerprint density at radius 2 is 2.30 bits per heavy atom. The van der Waals surface area contributed by atoms with Crippen LogP contribution in [0.5, 0.6) is 0 Å². The van der Waals surface area contributed by atoms with E-state index in [4.69, 9.17) is 0 Å². The van der Waals surface area contributed by atoms with Crippen molar-refractivity contribution in [1.82, 2.24) is 5.32 Å². The maximum atomic E-state index is 11.0. The van der Waals surface area contributed by atoms with Crippen LogP contribution in [0.3, 0.4) is 0 Å². The lowest BCUT2D eigenvalue weighted by molar-refractivity contribution is -0.123. The molecule has 0 spiro atoms. The second-order valence-electron chi connectivity index (χ2n) is 3.01. The lowest BCUT2D eigenvalue weighted by atomic mass is 9.89. The molecule has 0 saturated heterocycles. The van der Waals surface area contributed by atoms with Crippen molar-refractivity contribution in [3.63, 3.8) is 0 Å². The summed E-state index contributed by atoms with van der Waals surface area (Å²) in [5, 5.41) is 2.82. The first kappa shape index (κ1) is 7.25. The van der Waals surface area contributed by atoms with Crippen LogP contribution < -0.4 is 5.32 Å². The molecule has 0 fully saturated rings. The number of aliphatic imine (C=N–C) groups is 1. The van der Waals surface area contributed by atoms with Crippen LogP contribution in [0.15, 0.2) is 4.99 Å². The van der Waals surface area contributed by atoms with Gasteiger partial charge in [0.05, 0.1) is 0 Å². The molecule has 0 aromatic heterocycles. The van der Waals surface area contributed by atoms with Gasteiger partial charge in [-0.25, -0.2) is 0 Å². The van der Waals surface area contributed by atoms with Gasteiger partial charge in [0.15, 0.2) is 6.34 Å². The fourth-order valence-corrected chi connectivity index (χ4v) is 0.756. The van der Waals surface area contributed by atoms with E-state index in [0.29, 0.717) is 0 Å². The van der Waals surface area contributed by atoms with Gasteiger partial charge in [0.1, 0.15) is 5.54 Å². The highest BCUT2D eigenvalue weighted by Crippen LogP contribution is 2.19. The maximum Gasteiger partial charge on any atom is 0.273 e. The molecule has 1 atom stereocenters. The number of nitrogens with zero attached hydrogens (tertiary/aromatic N) is 1. The summed E-state index contributed by atoms with van der Waals surface area (Å²) in [4.78, 5) is 14.6. The number of carbonyl (C=O) groups excluding carboxylic acids is 1. The van der Waals surface area contributed by atoms with Gasteiger partial charge in [-0.2, -0.15) is 4.99 Å². The van der Waals surface area contributed by atoms with Crippen molar-refractivity contribution in [2.75, 3.05) is 0 Å². The van der Waals surface area contributed by atoms with E-state index in [-0.39, 0.29) is 11.8 Å². The molecule has 0 saturated carbocycles. The van der Waals surface area contributed by atoms with Crippen LogP contribution in [0.25, 0.3) is 0 Å². The van der Waals surface area contributed by atoms with Crippen LogP contribution in [0.1, 0.15) is 20.8 Å². The van der Waals surface area contributed by atoms with Crippen molar-refractivity contribution in [1.29, 1.82) is 0 Å². The van der Waals surface area contributed by atoms with Crippen LogP contribution >= 0.6 is 0 Å². The van der Waals surface area contributed by atoms with Crippen LogP contribution in [0, 0.1) is 5.92 Å². The molecule has 1 heterocycles. The Labute approximate surface area is 60.5 Å². The summed E-state index contributed by atoms with van der Waals surface area (Å²) in [5.41, 5.74) is -0.514. The van der Waals surface area contributed by atoms with E-state index in [1.54, 1.807) is 0 Å². The van der Waals surface area contributed by atoms with Crippen molar-refractivity contribution in [2.45, 2.75) is 26.3 Å². The highest BCUT2D eigenvalue weighted by molar-refractivity contribution is 5.98. The summed E-state index contributed by atoms with van der Waals surface area (Å²) >= 11 is 0.